The number of hydrogen-bond donors (Lipinski definition) is 5. The van der Waals surface area contributed by atoms with Crippen LogP contribution in [0, 0.1) is 11.8 Å². The number of aromatic nitrogens is 6. The summed E-state index contributed by atoms with van der Waals surface area (Å²) < 4.78 is 15.2. The number of hydrogen-bond acceptors (Lipinski definition) is 12. The van der Waals surface area contributed by atoms with Crippen molar-refractivity contribution in [2.24, 2.45) is 11.8 Å². The Morgan fingerprint density at radius 3 is 2.18 bits per heavy atom. The Morgan fingerprint density at radius 1 is 0.770 bits per heavy atom. The van der Waals surface area contributed by atoms with Crippen LogP contribution in [-0.4, -0.2) is 122 Å². The Kier molecular flexibility index (Phi) is 12.6. The number of aliphatic hydroxyl groups is 1. The number of methoxy groups -OCH3 is 2. The zero-order valence-electron chi connectivity index (χ0n) is 35.0. The maximum absolute atomic E-state index is 14.0. The molecule has 4 aromatic heterocycles. The highest BCUT2D eigenvalue weighted by molar-refractivity contribution is 5.88. The van der Waals surface area contributed by atoms with E-state index >= 15 is 0 Å². The third-order valence-corrected chi connectivity index (χ3v) is 12.3. The normalized spacial score (nSPS) is 20.1. The SMILES string of the molecule is COC(=O)N[C@@H](C(C)C)C(O)N1CCC[C@H]1c1ncc(-c2ccc(-c3ccc4cc(-c5cnc([C@@H]6CCCN6C(=O)[C@@H](NC(=O)OC)C6CCOCC6)[nH]5)cnc4c3)cn2)[nH]1. The van der Waals surface area contributed by atoms with Gasteiger partial charge in [0.15, 0.2) is 0 Å². The minimum Gasteiger partial charge on any atom is -0.453 e. The lowest BCUT2D eigenvalue weighted by molar-refractivity contribution is -0.136. The van der Waals surface area contributed by atoms with E-state index in [4.69, 9.17) is 29.2 Å². The molecule has 0 spiro atoms. The Labute approximate surface area is 354 Å². The van der Waals surface area contributed by atoms with Crippen LogP contribution in [0.5, 0.6) is 0 Å². The number of ether oxygens (including phenoxy) is 3. The first-order chi connectivity index (χ1) is 29.6. The zero-order valence-corrected chi connectivity index (χ0v) is 35.0. The predicted octanol–water partition coefficient (Wildman–Crippen LogP) is 5.73. The van der Waals surface area contributed by atoms with E-state index < -0.39 is 30.5 Å². The van der Waals surface area contributed by atoms with Crippen molar-refractivity contribution in [1.82, 2.24) is 50.3 Å². The molecule has 3 aliphatic heterocycles. The van der Waals surface area contributed by atoms with Crippen molar-refractivity contribution in [2.75, 3.05) is 40.5 Å². The summed E-state index contributed by atoms with van der Waals surface area (Å²) >= 11 is 0. The van der Waals surface area contributed by atoms with Gasteiger partial charge < -0.3 is 44.8 Å². The minimum atomic E-state index is -0.911. The molecule has 61 heavy (non-hydrogen) atoms. The van der Waals surface area contributed by atoms with Gasteiger partial charge in [0.2, 0.25) is 5.91 Å². The third-order valence-electron chi connectivity index (χ3n) is 12.3. The number of H-pyrrole nitrogens is 2. The number of likely N-dealkylation sites (tertiary alicyclic amines) is 2. The molecule has 3 saturated heterocycles. The fraction of sp³-hybridized carbons (Fsp3) is 0.477. The number of rotatable bonds is 12. The molecular formula is C44H54N10O7. The summed E-state index contributed by atoms with van der Waals surface area (Å²) in [5.74, 6) is 1.26. The lowest BCUT2D eigenvalue weighted by Crippen LogP contribution is -2.54. The second-order valence-corrected chi connectivity index (χ2v) is 16.4. The molecule has 5 N–H and O–H groups in total. The van der Waals surface area contributed by atoms with E-state index in [1.165, 1.54) is 14.2 Å². The van der Waals surface area contributed by atoms with Gasteiger partial charge in [0, 0.05) is 55.2 Å². The van der Waals surface area contributed by atoms with Crippen LogP contribution in [0.15, 0.2) is 61.2 Å². The zero-order chi connectivity index (χ0) is 42.6. The molecule has 5 atom stereocenters. The van der Waals surface area contributed by atoms with Gasteiger partial charge in [-0.2, -0.15) is 0 Å². The number of nitrogens with one attached hydrogen (secondary N) is 4. The molecule has 5 aromatic rings. The van der Waals surface area contributed by atoms with Gasteiger partial charge in [-0.25, -0.2) is 19.6 Å². The van der Waals surface area contributed by atoms with Crippen LogP contribution in [0.3, 0.4) is 0 Å². The van der Waals surface area contributed by atoms with Gasteiger partial charge in [-0.1, -0.05) is 32.0 Å². The van der Waals surface area contributed by atoms with Crippen LogP contribution in [0.1, 0.15) is 76.1 Å². The quantitative estimate of drug-likeness (QED) is 0.102. The average Bonchev–Trinajstić information content (AvgIpc) is 4.14. The first-order valence-electron chi connectivity index (χ1n) is 21.1. The van der Waals surface area contributed by atoms with E-state index in [0.29, 0.717) is 45.0 Å². The second-order valence-electron chi connectivity index (χ2n) is 16.4. The van der Waals surface area contributed by atoms with Crippen LogP contribution >= 0.6 is 0 Å². The number of imidazole rings is 2. The number of nitrogens with zero attached hydrogens (tertiary/aromatic N) is 6. The van der Waals surface area contributed by atoms with Gasteiger partial charge >= 0.3 is 12.2 Å². The van der Waals surface area contributed by atoms with Crippen molar-refractivity contribution < 1.29 is 33.7 Å². The molecule has 1 aromatic carbocycles. The van der Waals surface area contributed by atoms with Crippen LogP contribution in [0.2, 0.25) is 0 Å². The van der Waals surface area contributed by atoms with Crippen molar-refractivity contribution in [3.63, 3.8) is 0 Å². The number of carbonyl (C=O) groups excluding carboxylic acids is 3. The first kappa shape index (κ1) is 41.8. The van der Waals surface area contributed by atoms with Gasteiger partial charge in [0.25, 0.3) is 0 Å². The predicted molar refractivity (Wildman–Crippen MR) is 226 cm³/mol. The number of alkyl carbamates (subject to hydrolysis) is 2. The summed E-state index contributed by atoms with van der Waals surface area (Å²) in [5.41, 5.74) is 5.93. The van der Waals surface area contributed by atoms with Crippen molar-refractivity contribution in [3.8, 4) is 33.8 Å². The summed E-state index contributed by atoms with van der Waals surface area (Å²) in [6, 6.07) is 10.6. The van der Waals surface area contributed by atoms with E-state index in [9.17, 15) is 19.5 Å². The standard InChI is InChI=1S/C44H54N10O7/c1-25(2)37(51-43(57)59-3)41(55)53-15-5-8-36(53)40-48-24-34(50-40)31-12-11-29(21-45-31)27-9-10-28-19-30(22-46-32(28)20-27)33-23-47-39(49-33)35-7-6-16-54(35)42(56)38(52-44(58)60-4)26-13-17-61-18-14-26/h9-12,19-26,35-38,41,55H,5-8,13-18H2,1-4H3,(H,47,49)(H,48,50)(H,51,57)(H,52,58)/t35-,36-,37-,38-,41?/m0/s1. The number of benzene rings is 1. The molecule has 0 bridgehead atoms. The van der Waals surface area contributed by atoms with Gasteiger partial charge in [0.05, 0.1) is 67.3 Å². The summed E-state index contributed by atoms with van der Waals surface area (Å²) in [4.78, 5) is 68.0. The van der Waals surface area contributed by atoms with E-state index in [0.717, 1.165) is 76.2 Å². The molecule has 1 unspecified atom stereocenters. The van der Waals surface area contributed by atoms with Crippen LogP contribution in [0.4, 0.5) is 9.59 Å². The van der Waals surface area contributed by atoms with Gasteiger partial charge in [0.1, 0.15) is 23.9 Å². The fourth-order valence-electron chi connectivity index (χ4n) is 8.96. The summed E-state index contributed by atoms with van der Waals surface area (Å²) in [6.07, 6.45) is 9.78. The number of aromatic amines is 2. The number of pyridine rings is 2. The van der Waals surface area contributed by atoms with Gasteiger partial charge in [-0.3, -0.25) is 19.7 Å². The number of carbonyl (C=O) groups is 3. The maximum atomic E-state index is 14.0. The summed E-state index contributed by atoms with van der Waals surface area (Å²) in [7, 11) is 2.62. The van der Waals surface area contributed by atoms with Crippen molar-refractivity contribution >= 4 is 29.0 Å². The lowest BCUT2D eigenvalue weighted by atomic mass is 9.90. The highest BCUT2D eigenvalue weighted by Crippen LogP contribution is 2.36. The Bertz CT molecular complexity index is 2320. The molecule has 0 saturated carbocycles. The van der Waals surface area contributed by atoms with Crippen molar-refractivity contribution in [1.29, 1.82) is 0 Å². The Morgan fingerprint density at radius 2 is 1.44 bits per heavy atom. The topological polar surface area (TPSA) is 213 Å². The van der Waals surface area contributed by atoms with Gasteiger partial charge in [-0.15, -0.1) is 0 Å². The number of amides is 3. The lowest BCUT2D eigenvalue weighted by Gasteiger charge is -2.35. The molecule has 322 valence electrons. The number of aliphatic hydroxyl groups excluding tert-OH is 1. The smallest absolute Gasteiger partial charge is 0.407 e. The first-order valence-corrected chi connectivity index (χ1v) is 21.1. The molecule has 3 aliphatic rings. The monoisotopic (exact) mass is 834 g/mol. The summed E-state index contributed by atoms with van der Waals surface area (Å²) in [6.45, 7) is 6.26. The molecule has 3 amide bonds. The molecule has 0 aliphatic carbocycles. The Hall–Kier alpha value is -5.91. The number of fused-ring (bicyclic) bond motifs is 1. The third kappa shape index (κ3) is 8.95. The van der Waals surface area contributed by atoms with Gasteiger partial charge in [-0.05, 0) is 74.1 Å². The molecule has 17 nitrogen and oxygen atoms in total. The maximum Gasteiger partial charge on any atom is 0.407 e. The molecule has 7 heterocycles. The molecule has 3 fully saturated rings. The largest absolute Gasteiger partial charge is 0.453 e. The van der Waals surface area contributed by atoms with Crippen molar-refractivity contribution in [2.45, 2.75) is 82.8 Å². The molecule has 8 rings (SSSR count). The van der Waals surface area contributed by atoms with E-state index in [1.54, 1.807) is 12.4 Å². The highest BCUT2D eigenvalue weighted by atomic mass is 16.5. The Balaban J connectivity index is 0.935. The minimum absolute atomic E-state index is 0.0200. The molecule has 17 heteroatoms. The van der Waals surface area contributed by atoms with Crippen LogP contribution in [0.25, 0.3) is 44.7 Å². The van der Waals surface area contributed by atoms with Crippen LogP contribution < -0.4 is 10.6 Å². The fourth-order valence-corrected chi connectivity index (χ4v) is 8.96. The highest BCUT2D eigenvalue weighted by Gasteiger charge is 2.41. The second kappa shape index (κ2) is 18.4. The van der Waals surface area contributed by atoms with Crippen LogP contribution in [-0.2, 0) is 19.0 Å². The van der Waals surface area contributed by atoms with E-state index in [-0.39, 0.29) is 29.8 Å². The molecular weight excluding hydrogens is 781 g/mol. The van der Waals surface area contributed by atoms with Crippen molar-refractivity contribution in [3.05, 3.63) is 72.8 Å². The summed E-state index contributed by atoms with van der Waals surface area (Å²) in [5, 5.41) is 17.9. The average molecular weight is 835 g/mol. The molecule has 0 radical (unpaired) electrons. The van der Waals surface area contributed by atoms with E-state index in [2.05, 4.69) is 37.7 Å². The van der Waals surface area contributed by atoms with E-state index in [1.807, 2.05) is 60.3 Å².